The summed E-state index contributed by atoms with van der Waals surface area (Å²) >= 11 is 0. The van der Waals surface area contributed by atoms with Gasteiger partial charge in [-0.15, -0.1) is 0 Å². The largest absolute Gasteiger partial charge is 0.507 e. The van der Waals surface area contributed by atoms with Crippen molar-refractivity contribution in [2.45, 2.75) is 30.2 Å². The molecule has 19 heavy (non-hydrogen) atoms. The third-order valence-corrected chi connectivity index (χ3v) is 5.37. The summed E-state index contributed by atoms with van der Waals surface area (Å²) in [6.07, 6.45) is 2.64. The molecule has 0 unspecified atom stereocenters. The van der Waals surface area contributed by atoms with Gasteiger partial charge in [-0.05, 0) is 31.0 Å². The molecule has 0 aromatic heterocycles. The lowest BCUT2D eigenvalue weighted by Gasteiger charge is -2.33. The molecule has 0 heterocycles. The molecule has 6 nitrogen and oxygen atoms in total. The molecule has 1 aliphatic carbocycles. The Kier molecular flexibility index (Phi) is 3.51. The minimum absolute atomic E-state index is 0.0212. The van der Waals surface area contributed by atoms with Crippen molar-refractivity contribution in [1.82, 2.24) is 4.31 Å². The molecule has 1 saturated carbocycles. The summed E-state index contributed by atoms with van der Waals surface area (Å²) in [6, 6.07) is 3.27. The lowest BCUT2D eigenvalue weighted by molar-refractivity contribution is 0.0693. The molecule has 104 valence electrons. The van der Waals surface area contributed by atoms with Crippen LogP contribution in [-0.2, 0) is 10.0 Å². The minimum atomic E-state index is -3.71. The van der Waals surface area contributed by atoms with Gasteiger partial charge in [0.15, 0.2) is 0 Å². The molecule has 0 bridgehead atoms. The van der Waals surface area contributed by atoms with Crippen LogP contribution in [0.5, 0.6) is 5.75 Å². The minimum Gasteiger partial charge on any atom is -0.507 e. The Hall–Kier alpha value is -1.60. The van der Waals surface area contributed by atoms with Crippen molar-refractivity contribution in [2.24, 2.45) is 0 Å². The van der Waals surface area contributed by atoms with E-state index in [1.165, 1.54) is 17.4 Å². The number of nitrogens with zero attached hydrogens (tertiary/aromatic N) is 1. The van der Waals surface area contributed by atoms with E-state index in [1.54, 1.807) is 0 Å². The SMILES string of the molecule is CN(C1CCC1)S(=O)(=O)c1ccc(O)c(C(=O)O)c1. The summed E-state index contributed by atoms with van der Waals surface area (Å²) < 4.78 is 25.9. The predicted octanol–water partition coefficient (Wildman–Crippen LogP) is 1.26. The maximum absolute atomic E-state index is 12.3. The van der Waals surface area contributed by atoms with E-state index in [4.69, 9.17) is 5.11 Å². The molecule has 0 aliphatic heterocycles. The van der Waals surface area contributed by atoms with E-state index in [-0.39, 0.29) is 10.9 Å². The lowest BCUT2D eigenvalue weighted by Crippen LogP contribution is -2.41. The number of phenols is 1. The maximum atomic E-state index is 12.3. The van der Waals surface area contributed by atoms with Gasteiger partial charge >= 0.3 is 5.97 Å². The zero-order valence-corrected chi connectivity index (χ0v) is 11.2. The standard InChI is InChI=1S/C12H15NO5S/c1-13(8-3-2-4-8)19(17,18)9-5-6-11(14)10(7-9)12(15)16/h5-8,14H,2-4H2,1H3,(H,15,16). The molecule has 1 fully saturated rings. The van der Waals surface area contributed by atoms with Gasteiger partial charge in [0.05, 0.1) is 4.90 Å². The average molecular weight is 285 g/mol. The Labute approximate surface area is 111 Å². The topological polar surface area (TPSA) is 94.9 Å². The second kappa shape index (κ2) is 4.82. The fraction of sp³-hybridized carbons (Fsp3) is 0.417. The number of rotatable bonds is 4. The van der Waals surface area contributed by atoms with Gasteiger partial charge in [0.25, 0.3) is 0 Å². The fourth-order valence-electron chi connectivity index (χ4n) is 1.96. The molecule has 7 heteroatoms. The van der Waals surface area contributed by atoms with Crippen molar-refractivity contribution in [2.75, 3.05) is 7.05 Å². The van der Waals surface area contributed by atoms with Gasteiger partial charge in [-0.1, -0.05) is 6.42 Å². The van der Waals surface area contributed by atoms with Crippen LogP contribution in [0, 0.1) is 0 Å². The van der Waals surface area contributed by atoms with E-state index in [9.17, 15) is 18.3 Å². The Morgan fingerprint density at radius 1 is 1.37 bits per heavy atom. The number of hydrogen-bond donors (Lipinski definition) is 2. The number of carboxylic acids is 1. The monoisotopic (exact) mass is 285 g/mol. The number of aromatic hydroxyl groups is 1. The van der Waals surface area contributed by atoms with Crippen molar-refractivity contribution in [3.05, 3.63) is 23.8 Å². The Bertz CT molecular complexity index is 607. The zero-order valence-electron chi connectivity index (χ0n) is 10.4. The number of benzene rings is 1. The van der Waals surface area contributed by atoms with E-state index in [2.05, 4.69) is 0 Å². The second-order valence-corrected chi connectivity index (χ2v) is 6.59. The number of carbonyl (C=O) groups is 1. The van der Waals surface area contributed by atoms with Gasteiger partial charge in [-0.25, -0.2) is 13.2 Å². The molecule has 0 saturated heterocycles. The smallest absolute Gasteiger partial charge is 0.339 e. The van der Waals surface area contributed by atoms with Crippen LogP contribution in [0.3, 0.4) is 0 Å². The van der Waals surface area contributed by atoms with E-state index in [1.807, 2.05) is 0 Å². The summed E-state index contributed by atoms with van der Waals surface area (Å²) in [6.45, 7) is 0. The first kappa shape index (κ1) is 13.8. The molecule has 0 spiro atoms. The first-order chi connectivity index (χ1) is 8.84. The fourth-order valence-corrected chi connectivity index (χ4v) is 3.40. The summed E-state index contributed by atoms with van der Waals surface area (Å²) in [7, 11) is -2.22. The lowest BCUT2D eigenvalue weighted by atomic mass is 9.94. The van der Waals surface area contributed by atoms with E-state index >= 15 is 0 Å². The Morgan fingerprint density at radius 2 is 2.00 bits per heavy atom. The summed E-state index contributed by atoms with van der Waals surface area (Å²) in [4.78, 5) is 10.8. The Balaban J connectivity index is 2.40. The third-order valence-electron chi connectivity index (χ3n) is 3.46. The molecule has 2 rings (SSSR count). The van der Waals surface area contributed by atoms with Gasteiger partial charge in [0, 0.05) is 13.1 Å². The van der Waals surface area contributed by atoms with Crippen molar-refractivity contribution in [3.8, 4) is 5.75 Å². The molecule has 1 aliphatic rings. The first-order valence-electron chi connectivity index (χ1n) is 5.88. The van der Waals surface area contributed by atoms with E-state index < -0.39 is 27.3 Å². The van der Waals surface area contributed by atoms with Gasteiger partial charge in [-0.2, -0.15) is 4.31 Å². The summed E-state index contributed by atoms with van der Waals surface area (Å²) in [5.41, 5.74) is -0.414. The number of hydrogen-bond acceptors (Lipinski definition) is 4. The van der Waals surface area contributed by atoms with Crippen LogP contribution in [0.4, 0.5) is 0 Å². The normalized spacial score (nSPS) is 16.3. The van der Waals surface area contributed by atoms with Crippen LogP contribution in [0.25, 0.3) is 0 Å². The maximum Gasteiger partial charge on any atom is 0.339 e. The van der Waals surface area contributed by atoms with Crippen molar-refractivity contribution >= 4 is 16.0 Å². The molecule has 2 N–H and O–H groups in total. The molecular formula is C12H15NO5S. The molecule has 1 aromatic rings. The number of sulfonamides is 1. The molecular weight excluding hydrogens is 270 g/mol. The van der Waals surface area contributed by atoms with E-state index in [0.717, 1.165) is 31.4 Å². The van der Waals surface area contributed by atoms with Crippen molar-refractivity contribution in [1.29, 1.82) is 0 Å². The average Bonchev–Trinajstić information content (AvgIpc) is 2.26. The van der Waals surface area contributed by atoms with Crippen LogP contribution in [0.2, 0.25) is 0 Å². The summed E-state index contributed by atoms with van der Waals surface area (Å²) in [5.74, 6) is -1.81. The predicted molar refractivity (Wildman–Crippen MR) is 67.7 cm³/mol. The van der Waals surface area contributed by atoms with Crippen LogP contribution < -0.4 is 0 Å². The molecule has 1 aromatic carbocycles. The zero-order chi connectivity index (χ0) is 14.2. The highest BCUT2D eigenvalue weighted by atomic mass is 32.2. The van der Waals surface area contributed by atoms with Crippen molar-refractivity contribution < 1.29 is 23.4 Å². The molecule has 0 amide bonds. The Morgan fingerprint density at radius 3 is 2.47 bits per heavy atom. The van der Waals surface area contributed by atoms with Gasteiger partial charge < -0.3 is 10.2 Å². The first-order valence-corrected chi connectivity index (χ1v) is 7.32. The highest BCUT2D eigenvalue weighted by Crippen LogP contribution is 2.30. The third kappa shape index (κ3) is 2.43. The van der Waals surface area contributed by atoms with Crippen LogP contribution in [-0.4, -0.2) is 42.0 Å². The molecule has 0 radical (unpaired) electrons. The highest BCUT2D eigenvalue weighted by molar-refractivity contribution is 7.89. The van der Waals surface area contributed by atoms with Crippen LogP contribution in [0.1, 0.15) is 29.6 Å². The number of aromatic carboxylic acids is 1. The van der Waals surface area contributed by atoms with Crippen molar-refractivity contribution in [3.63, 3.8) is 0 Å². The van der Waals surface area contributed by atoms with Crippen LogP contribution >= 0.6 is 0 Å². The molecule has 0 atom stereocenters. The highest BCUT2D eigenvalue weighted by Gasteiger charge is 2.32. The van der Waals surface area contributed by atoms with Crippen LogP contribution in [0.15, 0.2) is 23.1 Å². The van der Waals surface area contributed by atoms with E-state index in [0.29, 0.717) is 0 Å². The van der Waals surface area contributed by atoms with Gasteiger partial charge in [0.2, 0.25) is 10.0 Å². The number of carboxylic acid groups (broad SMARTS) is 1. The van der Waals surface area contributed by atoms with Gasteiger partial charge in [0.1, 0.15) is 11.3 Å². The van der Waals surface area contributed by atoms with Gasteiger partial charge in [-0.3, -0.25) is 0 Å². The quantitative estimate of drug-likeness (QED) is 0.868. The summed E-state index contributed by atoms with van der Waals surface area (Å²) in [5, 5.41) is 18.3. The second-order valence-electron chi connectivity index (χ2n) is 4.59.